The molecule has 0 radical (unpaired) electrons. The molecule has 92 valence electrons. The van der Waals surface area contributed by atoms with Crippen molar-refractivity contribution in [1.82, 2.24) is 0 Å². The van der Waals surface area contributed by atoms with Crippen LogP contribution in [0.3, 0.4) is 0 Å². The van der Waals surface area contributed by atoms with Crippen molar-refractivity contribution in [2.75, 3.05) is 6.61 Å². The van der Waals surface area contributed by atoms with Crippen LogP contribution in [0.25, 0.3) is 0 Å². The van der Waals surface area contributed by atoms with Crippen molar-refractivity contribution in [3.05, 3.63) is 35.6 Å². The first-order chi connectivity index (χ1) is 8.06. The predicted octanol–water partition coefficient (Wildman–Crippen LogP) is 1.29. The smallest absolute Gasteiger partial charge is 0.323 e. The zero-order valence-electron chi connectivity index (χ0n) is 9.48. The lowest BCUT2D eigenvalue weighted by molar-refractivity contribution is -0.144. The molecule has 5 heteroatoms. The van der Waals surface area contributed by atoms with E-state index in [4.69, 9.17) is 5.73 Å². The van der Waals surface area contributed by atoms with E-state index in [2.05, 4.69) is 4.74 Å². The number of esters is 1. The first kappa shape index (κ1) is 13.3. The van der Waals surface area contributed by atoms with Gasteiger partial charge in [-0.15, -0.1) is 0 Å². The molecular weight excluding hydrogens is 225 g/mol. The average molecular weight is 239 g/mol. The van der Waals surface area contributed by atoms with Gasteiger partial charge in [-0.1, -0.05) is 12.1 Å². The van der Waals surface area contributed by atoms with Gasteiger partial charge in [0.25, 0.3) is 0 Å². The topological polar surface area (TPSA) is 69.4 Å². The average Bonchev–Trinajstić information content (AvgIpc) is 2.29. The van der Waals surface area contributed by atoms with Gasteiger partial charge in [0.1, 0.15) is 11.9 Å². The van der Waals surface area contributed by atoms with E-state index in [0.29, 0.717) is 0 Å². The third-order valence-electron chi connectivity index (χ3n) is 2.17. The van der Waals surface area contributed by atoms with Gasteiger partial charge in [0.2, 0.25) is 0 Å². The fraction of sp³-hybridized carbons (Fsp3) is 0.333. The summed E-state index contributed by atoms with van der Waals surface area (Å²) in [5, 5.41) is 0. The highest BCUT2D eigenvalue weighted by atomic mass is 19.1. The molecule has 1 aromatic carbocycles. The van der Waals surface area contributed by atoms with Gasteiger partial charge in [-0.25, -0.2) is 4.39 Å². The lowest BCUT2D eigenvalue weighted by atomic mass is 10.0. The van der Waals surface area contributed by atoms with E-state index in [1.165, 1.54) is 18.2 Å². The second-order valence-corrected chi connectivity index (χ2v) is 3.47. The number of hydrogen-bond acceptors (Lipinski definition) is 4. The maximum Gasteiger partial charge on any atom is 0.323 e. The van der Waals surface area contributed by atoms with Crippen LogP contribution in [0, 0.1) is 5.82 Å². The number of carbonyl (C=O) groups excluding carboxylic acids is 2. The Morgan fingerprint density at radius 3 is 2.65 bits per heavy atom. The Balaban J connectivity index is 2.67. The van der Waals surface area contributed by atoms with Crippen molar-refractivity contribution in [1.29, 1.82) is 0 Å². The summed E-state index contributed by atoms with van der Waals surface area (Å²) in [7, 11) is 0. The van der Waals surface area contributed by atoms with E-state index in [-0.39, 0.29) is 18.6 Å². The Morgan fingerprint density at radius 1 is 1.41 bits per heavy atom. The minimum absolute atomic E-state index is 0.0627. The number of ketones is 1. The van der Waals surface area contributed by atoms with Gasteiger partial charge in [0.15, 0.2) is 5.78 Å². The summed E-state index contributed by atoms with van der Waals surface area (Å²) >= 11 is 0. The number of carbonyl (C=O) groups is 2. The van der Waals surface area contributed by atoms with E-state index in [9.17, 15) is 14.0 Å². The van der Waals surface area contributed by atoms with Crippen molar-refractivity contribution < 1.29 is 18.7 Å². The third kappa shape index (κ3) is 3.64. The van der Waals surface area contributed by atoms with Crippen LogP contribution in [0.15, 0.2) is 24.3 Å². The Labute approximate surface area is 98.6 Å². The highest BCUT2D eigenvalue weighted by molar-refractivity contribution is 5.99. The zero-order chi connectivity index (χ0) is 12.8. The van der Waals surface area contributed by atoms with Crippen LogP contribution in [0.5, 0.6) is 0 Å². The minimum atomic E-state index is -1.05. The van der Waals surface area contributed by atoms with Crippen LogP contribution in [-0.4, -0.2) is 24.4 Å². The van der Waals surface area contributed by atoms with Gasteiger partial charge in [0, 0.05) is 6.42 Å². The van der Waals surface area contributed by atoms with Gasteiger partial charge in [-0.2, -0.15) is 0 Å². The Morgan fingerprint density at radius 2 is 2.06 bits per heavy atom. The summed E-state index contributed by atoms with van der Waals surface area (Å²) in [6.45, 7) is 1.84. The van der Waals surface area contributed by atoms with Gasteiger partial charge in [-0.3, -0.25) is 9.59 Å². The number of nitrogens with two attached hydrogens (primary N) is 1. The van der Waals surface area contributed by atoms with E-state index >= 15 is 0 Å². The Hall–Kier alpha value is -1.75. The van der Waals surface area contributed by atoms with Gasteiger partial charge >= 0.3 is 5.97 Å². The van der Waals surface area contributed by atoms with Crippen LogP contribution in [-0.2, 0) is 9.53 Å². The molecule has 4 nitrogen and oxygen atoms in total. The highest BCUT2D eigenvalue weighted by Crippen LogP contribution is 2.10. The Kier molecular flexibility index (Phi) is 4.78. The SMILES string of the molecule is CCOC(=O)C(N)CC(=O)c1ccccc1F. The summed E-state index contributed by atoms with van der Waals surface area (Å²) in [5.74, 6) is -1.78. The third-order valence-corrected chi connectivity index (χ3v) is 2.17. The first-order valence-electron chi connectivity index (χ1n) is 5.26. The summed E-state index contributed by atoms with van der Waals surface area (Å²) in [4.78, 5) is 22.9. The molecular formula is C12H14FNO3. The molecule has 1 atom stereocenters. The lowest BCUT2D eigenvalue weighted by Gasteiger charge is -2.09. The first-order valence-corrected chi connectivity index (χ1v) is 5.26. The maximum atomic E-state index is 13.3. The monoisotopic (exact) mass is 239 g/mol. The lowest BCUT2D eigenvalue weighted by Crippen LogP contribution is -2.34. The summed E-state index contributed by atoms with van der Waals surface area (Å²) < 4.78 is 17.9. The fourth-order valence-electron chi connectivity index (χ4n) is 1.33. The number of Topliss-reactive ketones (excluding diaryl/α,β-unsaturated/α-hetero) is 1. The van der Waals surface area contributed by atoms with Crippen molar-refractivity contribution >= 4 is 11.8 Å². The number of benzene rings is 1. The Bertz CT molecular complexity index is 420. The van der Waals surface area contributed by atoms with Gasteiger partial charge in [-0.05, 0) is 19.1 Å². The second-order valence-electron chi connectivity index (χ2n) is 3.47. The van der Waals surface area contributed by atoms with Crippen molar-refractivity contribution in [2.24, 2.45) is 5.73 Å². The van der Waals surface area contributed by atoms with Crippen LogP contribution < -0.4 is 5.73 Å². The zero-order valence-corrected chi connectivity index (χ0v) is 9.48. The minimum Gasteiger partial charge on any atom is -0.465 e. The molecule has 1 rings (SSSR count). The van der Waals surface area contributed by atoms with Crippen molar-refractivity contribution in [3.63, 3.8) is 0 Å². The van der Waals surface area contributed by atoms with Crippen LogP contribution in [0.2, 0.25) is 0 Å². The molecule has 0 fully saturated rings. The number of ether oxygens (including phenoxy) is 1. The molecule has 0 saturated carbocycles. The van der Waals surface area contributed by atoms with E-state index in [1.807, 2.05) is 0 Å². The van der Waals surface area contributed by atoms with Gasteiger partial charge in [0.05, 0.1) is 12.2 Å². The molecule has 17 heavy (non-hydrogen) atoms. The fourth-order valence-corrected chi connectivity index (χ4v) is 1.33. The quantitative estimate of drug-likeness (QED) is 0.621. The maximum absolute atomic E-state index is 13.3. The predicted molar refractivity (Wildman–Crippen MR) is 60.0 cm³/mol. The molecule has 0 aliphatic carbocycles. The summed E-state index contributed by atoms with van der Waals surface area (Å²) in [6.07, 6.45) is -0.264. The number of hydrogen-bond donors (Lipinski definition) is 1. The molecule has 1 aromatic rings. The molecule has 0 aromatic heterocycles. The van der Waals surface area contributed by atoms with E-state index in [0.717, 1.165) is 0 Å². The summed E-state index contributed by atoms with van der Waals surface area (Å²) in [6, 6.07) is 4.52. The number of rotatable bonds is 5. The largest absolute Gasteiger partial charge is 0.465 e. The molecule has 2 N–H and O–H groups in total. The standard InChI is InChI=1S/C12H14FNO3/c1-2-17-12(16)10(14)7-11(15)8-5-3-4-6-9(8)13/h3-6,10H,2,7,14H2,1H3. The number of halogens is 1. The molecule has 0 bridgehead atoms. The van der Waals surface area contributed by atoms with Crippen molar-refractivity contribution in [2.45, 2.75) is 19.4 Å². The van der Waals surface area contributed by atoms with E-state index in [1.54, 1.807) is 13.0 Å². The molecule has 1 unspecified atom stereocenters. The highest BCUT2D eigenvalue weighted by Gasteiger charge is 2.21. The van der Waals surface area contributed by atoms with Crippen LogP contribution in [0.4, 0.5) is 4.39 Å². The second kappa shape index (κ2) is 6.10. The van der Waals surface area contributed by atoms with Gasteiger partial charge < -0.3 is 10.5 Å². The van der Waals surface area contributed by atoms with Crippen LogP contribution in [0.1, 0.15) is 23.7 Å². The molecule has 0 heterocycles. The van der Waals surface area contributed by atoms with E-state index < -0.39 is 23.6 Å². The molecule has 0 spiro atoms. The molecule has 0 saturated heterocycles. The summed E-state index contributed by atoms with van der Waals surface area (Å²) in [5.41, 5.74) is 5.41. The molecule has 0 amide bonds. The van der Waals surface area contributed by atoms with Crippen LogP contribution >= 0.6 is 0 Å². The molecule has 0 aliphatic rings. The van der Waals surface area contributed by atoms with Crippen molar-refractivity contribution in [3.8, 4) is 0 Å². The normalized spacial score (nSPS) is 11.9. The molecule has 0 aliphatic heterocycles.